The second-order valence-electron chi connectivity index (χ2n) is 10.9. The van der Waals surface area contributed by atoms with Gasteiger partial charge in [0.25, 0.3) is 5.56 Å². The van der Waals surface area contributed by atoms with Crippen molar-refractivity contribution in [3.63, 3.8) is 0 Å². The number of hydrogen-bond acceptors (Lipinski definition) is 8. The van der Waals surface area contributed by atoms with Crippen LogP contribution in [0.25, 0.3) is 10.8 Å². The Morgan fingerprint density at radius 1 is 0.905 bits per heavy atom. The molecule has 1 unspecified atom stereocenters. The molecule has 4 N–H and O–H groups in total. The van der Waals surface area contributed by atoms with Gasteiger partial charge in [-0.3, -0.25) is 19.2 Å². The number of carboxylic acids is 3. The van der Waals surface area contributed by atoms with Gasteiger partial charge in [-0.15, -0.1) is 0 Å². The number of carboxylic acid groups (broad SMARTS) is 3. The standard InChI is InChI=1S/C23H32N4O2.C6H8O7/c1-2-27-23(29)20-12-5-4-11-19(20)21(24-27)16-22(28)26-15-9-6-10-18(26)17-25-13-7-3-8-14-25;7-3(8)1-6(13,5(11)12)2-4(9)10/h4-5,11-12,18H,2-3,6-10,13-17H2,1H3;13H,1-2H2,(H,7,8)(H,9,10)(H,11,12). The number of piperidine rings is 2. The van der Waals surface area contributed by atoms with Gasteiger partial charge in [-0.25, -0.2) is 9.48 Å². The summed E-state index contributed by atoms with van der Waals surface area (Å²) in [6, 6.07) is 7.83. The molecule has 0 bridgehead atoms. The highest BCUT2D eigenvalue weighted by Crippen LogP contribution is 2.22. The van der Waals surface area contributed by atoms with Crippen LogP contribution in [-0.2, 0) is 32.1 Å². The zero-order chi connectivity index (χ0) is 30.9. The minimum atomic E-state index is -2.74. The molecule has 2 aliphatic heterocycles. The highest BCUT2D eigenvalue weighted by molar-refractivity contribution is 5.89. The number of carbonyl (C=O) groups excluding carboxylic acids is 1. The van der Waals surface area contributed by atoms with Crippen LogP contribution in [0.1, 0.15) is 64.0 Å². The zero-order valence-corrected chi connectivity index (χ0v) is 23.9. The van der Waals surface area contributed by atoms with Crippen molar-refractivity contribution < 1.29 is 39.6 Å². The maximum atomic E-state index is 13.3. The quantitative estimate of drug-likeness (QED) is 0.315. The largest absolute Gasteiger partial charge is 0.481 e. The van der Waals surface area contributed by atoms with E-state index >= 15 is 0 Å². The van der Waals surface area contributed by atoms with Crippen molar-refractivity contribution in [1.82, 2.24) is 19.6 Å². The molecule has 0 radical (unpaired) electrons. The molecular weight excluding hydrogens is 548 g/mol. The van der Waals surface area contributed by atoms with Gasteiger partial charge in [-0.05, 0) is 58.2 Å². The van der Waals surface area contributed by atoms with E-state index in [2.05, 4.69) is 14.9 Å². The minimum absolute atomic E-state index is 0.0831. The van der Waals surface area contributed by atoms with Crippen LogP contribution in [0.5, 0.6) is 0 Å². The Kier molecular flexibility index (Phi) is 11.6. The van der Waals surface area contributed by atoms with Crippen LogP contribution in [0, 0.1) is 0 Å². The van der Waals surface area contributed by atoms with Crippen LogP contribution in [0.2, 0.25) is 0 Å². The number of aryl methyl sites for hydroxylation is 1. The Balaban J connectivity index is 0.000000316. The van der Waals surface area contributed by atoms with Crippen molar-refractivity contribution in [2.24, 2.45) is 0 Å². The van der Waals surface area contributed by atoms with Crippen LogP contribution in [0.15, 0.2) is 29.1 Å². The molecular formula is C29H40N4O9. The molecule has 13 nitrogen and oxygen atoms in total. The first-order chi connectivity index (χ1) is 19.9. The fourth-order valence-corrected chi connectivity index (χ4v) is 5.57. The minimum Gasteiger partial charge on any atom is -0.481 e. The summed E-state index contributed by atoms with van der Waals surface area (Å²) in [5.74, 6) is -4.87. The van der Waals surface area contributed by atoms with Gasteiger partial charge in [-0.1, -0.05) is 24.6 Å². The van der Waals surface area contributed by atoms with Gasteiger partial charge >= 0.3 is 17.9 Å². The molecule has 2 aromatic rings. The van der Waals surface area contributed by atoms with Gasteiger partial charge in [0, 0.05) is 31.1 Å². The number of hydrogen-bond donors (Lipinski definition) is 4. The molecule has 42 heavy (non-hydrogen) atoms. The van der Waals surface area contributed by atoms with E-state index in [4.69, 9.17) is 20.4 Å². The number of likely N-dealkylation sites (tertiary alicyclic amines) is 2. The molecule has 1 aromatic carbocycles. The molecule has 0 aliphatic carbocycles. The monoisotopic (exact) mass is 588 g/mol. The summed E-state index contributed by atoms with van der Waals surface area (Å²) >= 11 is 0. The second-order valence-corrected chi connectivity index (χ2v) is 10.9. The average Bonchev–Trinajstić information content (AvgIpc) is 2.95. The topological polar surface area (TPSA) is 191 Å². The lowest BCUT2D eigenvalue weighted by molar-refractivity contribution is -0.170. The highest BCUT2D eigenvalue weighted by Gasteiger charge is 2.40. The number of aromatic nitrogens is 2. The Bertz CT molecular complexity index is 1320. The van der Waals surface area contributed by atoms with Crippen molar-refractivity contribution in [2.45, 2.75) is 82.9 Å². The van der Waals surface area contributed by atoms with Gasteiger partial charge in [0.15, 0.2) is 5.60 Å². The number of aliphatic hydroxyl groups is 1. The predicted molar refractivity (Wildman–Crippen MR) is 152 cm³/mol. The number of aliphatic carboxylic acids is 3. The third-order valence-corrected chi connectivity index (χ3v) is 7.71. The van der Waals surface area contributed by atoms with Crippen LogP contribution in [-0.4, -0.2) is 102 Å². The second kappa shape index (κ2) is 14.9. The third-order valence-electron chi connectivity index (χ3n) is 7.71. The molecule has 3 heterocycles. The number of amides is 1. The number of nitrogens with zero attached hydrogens (tertiary/aromatic N) is 4. The number of benzene rings is 1. The lowest BCUT2D eigenvalue weighted by atomic mass is 9.96. The molecule has 230 valence electrons. The van der Waals surface area contributed by atoms with Gasteiger partial charge in [0.2, 0.25) is 5.91 Å². The van der Waals surface area contributed by atoms with Crippen LogP contribution < -0.4 is 5.56 Å². The molecule has 0 spiro atoms. The maximum absolute atomic E-state index is 13.3. The van der Waals surface area contributed by atoms with Crippen molar-refractivity contribution in [3.8, 4) is 0 Å². The molecule has 2 fully saturated rings. The summed E-state index contributed by atoms with van der Waals surface area (Å²) in [5.41, 5.74) is -2.10. The van der Waals surface area contributed by atoms with Crippen molar-refractivity contribution >= 4 is 34.6 Å². The molecule has 1 amide bonds. The summed E-state index contributed by atoms with van der Waals surface area (Å²) in [5, 5.41) is 39.8. The van der Waals surface area contributed by atoms with E-state index in [-0.39, 0.29) is 17.9 Å². The van der Waals surface area contributed by atoms with Crippen LogP contribution in [0.3, 0.4) is 0 Å². The third kappa shape index (κ3) is 8.58. The van der Waals surface area contributed by atoms with Gasteiger partial charge < -0.3 is 30.2 Å². The van der Waals surface area contributed by atoms with E-state index in [0.29, 0.717) is 23.7 Å². The lowest BCUT2D eigenvalue weighted by Crippen LogP contribution is -2.50. The normalized spacial score (nSPS) is 17.8. The summed E-state index contributed by atoms with van der Waals surface area (Å²) in [4.78, 5) is 61.0. The van der Waals surface area contributed by atoms with Crippen LogP contribution in [0.4, 0.5) is 0 Å². The van der Waals surface area contributed by atoms with E-state index in [1.54, 1.807) is 0 Å². The first-order valence-corrected chi connectivity index (χ1v) is 14.3. The Morgan fingerprint density at radius 3 is 2.07 bits per heavy atom. The molecule has 0 saturated carbocycles. The Hall–Kier alpha value is -3.84. The fraction of sp³-hybridized carbons (Fsp3) is 0.586. The van der Waals surface area contributed by atoms with E-state index in [1.165, 1.54) is 30.4 Å². The predicted octanol–water partition coefficient (Wildman–Crippen LogP) is 1.58. The summed E-state index contributed by atoms with van der Waals surface area (Å²) in [7, 11) is 0. The summed E-state index contributed by atoms with van der Waals surface area (Å²) < 4.78 is 1.48. The van der Waals surface area contributed by atoms with Crippen molar-refractivity contribution in [3.05, 3.63) is 40.3 Å². The Morgan fingerprint density at radius 2 is 1.50 bits per heavy atom. The number of carbonyl (C=O) groups is 4. The maximum Gasteiger partial charge on any atom is 0.336 e. The van der Waals surface area contributed by atoms with Crippen LogP contribution >= 0.6 is 0 Å². The molecule has 13 heteroatoms. The highest BCUT2D eigenvalue weighted by atomic mass is 16.4. The summed E-state index contributed by atoms with van der Waals surface area (Å²) in [6.45, 7) is 6.57. The van der Waals surface area contributed by atoms with E-state index in [0.717, 1.165) is 44.4 Å². The van der Waals surface area contributed by atoms with Gasteiger partial charge in [-0.2, -0.15) is 5.10 Å². The molecule has 1 atom stereocenters. The first-order valence-electron chi connectivity index (χ1n) is 14.3. The van der Waals surface area contributed by atoms with E-state index < -0.39 is 36.4 Å². The van der Waals surface area contributed by atoms with Crippen molar-refractivity contribution in [2.75, 3.05) is 26.2 Å². The molecule has 2 aliphatic rings. The zero-order valence-electron chi connectivity index (χ0n) is 23.9. The first kappa shape index (κ1) is 32.7. The summed E-state index contributed by atoms with van der Waals surface area (Å²) in [6.07, 6.45) is 5.21. The Labute approximate surface area is 243 Å². The SMILES string of the molecule is CCn1nc(CC(=O)N2CCCCC2CN2CCCCC2)c2ccccc2c1=O.O=C(O)CC(O)(CC(=O)O)C(=O)O. The molecule has 4 rings (SSSR count). The average molecular weight is 589 g/mol. The van der Waals surface area contributed by atoms with E-state index in [1.807, 2.05) is 31.2 Å². The van der Waals surface area contributed by atoms with Gasteiger partial charge in [0.1, 0.15) is 0 Å². The number of fused-ring (bicyclic) bond motifs is 1. The smallest absolute Gasteiger partial charge is 0.336 e. The lowest BCUT2D eigenvalue weighted by Gasteiger charge is -2.39. The number of rotatable bonds is 10. The van der Waals surface area contributed by atoms with Gasteiger partial charge in [0.05, 0.1) is 30.3 Å². The molecule has 1 aromatic heterocycles. The fourth-order valence-electron chi connectivity index (χ4n) is 5.57. The molecule has 2 saturated heterocycles. The van der Waals surface area contributed by atoms with E-state index in [9.17, 15) is 24.0 Å². The van der Waals surface area contributed by atoms with Crippen molar-refractivity contribution in [1.29, 1.82) is 0 Å².